The minimum Gasteiger partial charge on any atom is -0.355 e. The third-order valence-electron chi connectivity index (χ3n) is 3.92. The molecule has 2 atom stereocenters. The summed E-state index contributed by atoms with van der Waals surface area (Å²) in [5.41, 5.74) is 0. The summed E-state index contributed by atoms with van der Waals surface area (Å²) in [6.07, 6.45) is 3.57. The van der Waals surface area contributed by atoms with Gasteiger partial charge in [0.05, 0.1) is 5.92 Å². The lowest BCUT2D eigenvalue weighted by atomic mass is 9.95. The normalized spacial score (nSPS) is 28.6. The van der Waals surface area contributed by atoms with Crippen LogP contribution < -0.4 is 10.6 Å². The molecular weight excluding hydrogens is 230 g/mol. The molecule has 5 nitrogen and oxygen atoms in total. The molecule has 2 N–H and O–H groups in total. The largest absolute Gasteiger partial charge is 0.355 e. The number of hydrogen-bond donors (Lipinski definition) is 2. The number of carbonyl (C=O) groups is 2. The molecule has 18 heavy (non-hydrogen) atoms. The van der Waals surface area contributed by atoms with Gasteiger partial charge < -0.3 is 15.5 Å². The fraction of sp³-hybridized carbons (Fsp3) is 0.846. The van der Waals surface area contributed by atoms with E-state index in [1.54, 1.807) is 0 Å². The van der Waals surface area contributed by atoms with Gasteiger partial charge in [-0.15, -0.1) is 0 Å². The number of rotatable bonds is 3. The van der Waals surface area contributed by atoms with Crippen molar-refractivity contribution in [2.75, 3.05) is 33.2 Å². The second-order valence-corrected chi connectivity index (χ2v) is 5.47. The Morgan fingerprint density at radius 2 is 2.22 bits per heavy atom. The van der Waals surface area contributed by atoms with Gasteiger partial charge in [-0.2, -0.15) is 0 Å². The Bertz CT molecular complexity index is 303. The van der Waals surface area contributed by atoms with Crippen LogP contribution in [0.3, 0.4) is 0 Å². The van der Waals surface area contributed by atoms with E-state index in [4.69, 9.17) is 0 Å². The predicted molar refractivity (Wildman–Crippen MR) is 69.0 cm³/mol. The van der Waals surface area contributed by atoms with Gasteiger partial charge in [-0.05, 0) is 38.3 Å². The van der Waals surface area contributed by atoms with Crippen LogP contribution in [-0.2, 0) is 9.59 Å². The average molecular weight is 253 g/mol. The fourth-order valence-corrected chi connectivity index (χ4v) is 2.81. The van der Waals surface area contributed by atoms with Crippen LogP contribution in [0.5, 0.6) is 0 Å². The van der Waals surface area contributed by atoms with Gasteiger partial charge in [-0.1, -0.05) is 0 Å². The molecule has 0 aromatic rings. The van der Waals surface area contributed by atoms with Crippen LogP contribution in [0.1, 0.15) is 25.7 Å². The van der Waals surface area contributed by atoms with Gasteiger partial charge in [-0.25, -0.2) is 0 Å². The Kier molecular flexibility index (Phi) is 4.58. The maximum Gasteiger partial charge on any atom is 0.227 e. The van der Waals surface area contributed by atoms with Crippen molar-refractivity contribution >= 4 is 11.8 Å². The molecule has 2 aliphatic rings. The molecule has 0 radical (unpaired) electrons. The Morgan fingerprint density at radius 1 is 1.39 bits per heavy atom. The Morgan fingerprint density at radius 3 is 2.83 bits per heavy atom. The molecule has 2 unspecified atom stereocenters. The first-order valence-corrected chi connectivity index (χ1v) is 6.89. The van der Waals surface area contributed by atoms with Gasteiger partial charge in [-0.3, -0.25) is 9.59 Å². The summed E-state index contributed by atoms with van der Waals surface area (Å²) >= 11 is 0. The van der Waals surface area contributed by atoms with Crippen molar-refractivity contribution in [3.8, 4) is 0 Å². The highest BCUT2D eigenvalue weighted by molar-refractivity contribution is 5.83. The SMILES string of the molecule is CN(CC1CCCNC1)C(=O)C1CCC(=O)NC1. The molecule has 2 amide bonds. The molecule has 0 spiro atoms. The molecule has 2 saturated heterocycles. The first-order chi connectivity index (χ1) is 8.66. The van der Waals surface area contributed by atoms with E-state index in [0.717, 1.165) is 19.6 Å². The molecule has 2 aliphatic heterocycles. The molecule has 5 heteroatoms. The third kappa shape index (κ3) is 3.45. The molecule has 0 aliphatic carbocycles. The summed E-state index contributed by atoms with van der Waals surface area (Å²) in [6, 6.07) is 0. The number of amides is 2. The minimum absolute atomic E-state index is 0.0238. The molecule has 0 saturated carbocycles. The van der Waals surface area contributed by atoms with Crippen molar-refractivity contribution < 1.29 is 9.59 Å². The third-order valence-corrected chi connectivity index (χ3v) is 3.92. The summed E-state index contributed by atoms with van der Waals surface area (Å²) in [7, 11) is 1.88. The lowest BCUT2D eigenvalue weighted by Crippen LogP contribution is -2.46. The molecule has 2 heterocycles. The van der Waals surface area contributed by atoms with Crippen molar-refractivity contribution in [3.05, 3.63) is 0 Å². The summed E-state index contributed by atoms with van der Waals surface area (Å²) in [6.45, 7) is 3.45. The highest BCUT2D eigenvalue weighted by Crippen LogP contribution is 2.16. The standard InChI is InChI=1S/C13H23N3O2/c1-16(9-10-3-2-6-14-7-10)13(18)11-4-5-12(17)15-8-11/h10-11,14H,2-9H2,1H3,(H,15,17). The minimum atomic E-state index is -0.0238. The van der Waals surface area contributed by atoms with Crippen molar-refractivity contribution in [1.82, 2.24) is 15.5 Å². The Hall–Kier alpha value is -1.10. The quantitative estimate of drug-likeness (QED) is 0.742. The highest BCUT2D eigenvalue weighted by atomic mass is 16.2. The van der Waals surface area contributed by atoms with Gasteiger partial charge >= 0.3 is 0 Å². The average Bonchev–Trinajstić information content (AvgIpc) is 2.40. The monoisotopic (exact) mass is 253 g/mol. The van der Waals surface area contributed by atoms with E-state index in [2.05, 4.69) is 10.6 Å². The number of carbonyl (C=O) groups excluding carboxylic acids is 2. The van der Waals surface area contributed by atoms with Gasteiger partial charge in [0.2, 0.25) is 11.8 Å². The summed E-state index contributed by atoms with van der Waals surface area (Å²) in [5, 5.41) is 6.14. The van der Waals surface area contributed by atoms with Crippen LogP contribution >= 0.6 is 0 Å². The Balaban J connectivity index is 1.78. The van der Waals surface area contributed by atoms with Gasteiger partial charge in [0.1, 0.15) is 0 Å². The van der Waals surface area contributed by atoms with E-state index in [1.165, 1.54) is 12.8 Å². The van der Waals surface area contributed by atoms with Gasteiger partial charge in [0.25, 0.3) is 0 Å². The molecule has 0 aromatic carbocycles. The van der Waals surface area contributed by atoms with Crippen molar-refractivity contribution in [1.29, 1.82) is 0 Å². The van der Waals surface area contributed by atoms with Crippen molar-refractivity contribution in [2.45, 2.75) is 25.7 Å². The van der Waals surface area contributed by atoms with Crippen molar-refractivity contribution in [2.24, 2.45) is 11.8 Å². The maximum absolute atomic E-state index is 12.2. The van der Waals surface area contributed by atoms with Crippen LogP contribution in [0.4, 0.5) is 0 Å². The Labute approximate surface area is 108 Å². The zero-order valence-corrected chi connectivity index (χ0v) is 11.1. The van der Waals surface area contributed by atoms with Crippen LogP contribution in [0, 0.1) is 11.8 Å². The smallest absolute Gasteiger partial charge is 0.227 e. The molecule has 2 fully saturated rings. The first-order valence-electron chi connectivity index (χ1n) is 6.89. The summed E-state index contributed by atoms with van der Waals surface area (Å²) in [4.78, 5) is 25.2. The molecule has 2 rings (SSSR count). The van der Waals surface area contributed by atoms with E-state index in [1.807, 2.05) is 11.9 Å². The van der Waals surface area contributed by atoms with Crippen LogP contribution in [0.25, 0.3) is 0 Å². The second-order valence-electron chi connectivity index (χ2n) is 5.47. The number of hydrogen-bond acceptors (Lipinski definition) is 3. The van der Waals surface area contributed by atoms with Gasteiger partial charge in [0.15, 0.2) is 0 Å². The predicted octanol–water partition coefficient (Wildman–Crippen LogP) is -0.0294. The molecule has 0 aromatic heterocycles. The maximum atomic E-state index is 12.2. The van der Waals surface area contributed by atoms with E-state index in [9.17, 15) is 9.59 Å². The number of nitrogens with zero attached hydrogens (tertiary/aromatic N) is 1. The lowest BCUT2D eigenvalue weighted by molar-refractivity contribution is -0.136. The van der Waals surface area contributed by atoms with E-state index >= 15 is 0 Å². The van der Waals surface area contributed by atoms with E-state index in [-0.39, 0.29) is 17.7 Å². The van der Waals surface area contributed by atoms with E-state index < -0.39 is 0 Å². The summed E-state index contributed by atoms with van der Waals surface area (Å²) < 4.78 is 0. The van der Waals surface area contributed by atoms with Crippen LogP contribution in [0.15, 0.2) is 0 Å². The molecular formula is C13H23N3O2. The summed E-state index contributed by atoms with van der Waals surface area (Å²) in [5.74, 6) is 0.800. The fourth-order valence-electron chi connectivity index (χ4n) is 2.81. The van der Waals surface area contributed by atoms with Gasteiger partial charge in [0, 0.05) is 26.6 Å². The zero-order chi connectivity index (χ0) is 13.0. The molecule has 102 valence electrons. The number of piperidine rings is 2. The second kappa shape index (κ2) is 6.18. The number of nitrogens with one attached hydrogen (secondary N) is 2. The highest BCUT2D eigenvalue weighted by Gasteiger charge is 2.28. The topological polar surface area (TPSA) is 61.4 Å². The van der Waals surface area contributed by atoms with Crippen LogP contribution in [0.2, 0.25) is 0 Å². The first kappa shape index (κ1) is 13.3. The van der Waals surface area contributed by atoms with E-state index in [0.29, 0.717) is 25.3 Å². The van der Waals surface area contributed by atoms with Crippen molar-refractivity contribution in [3.63, 3.8) is 0 Å². The zero-order valence-electron chi connectivity index (χ0n) is 11.1. The molecule has 0 bridgehead atoms. The lowest BCUT2D eigenvalue weighted by Gasteiger charge is -2.31. The van der Waals surface area contributed by atoms with Crippen LogP contribution in [-0.4, -0.2) is 49.9 Å².